The number of hydrogen-bond acceptors (Lipinski definition) is 4. The fraction of sp³-hybridized carbons (Fsp3) is 0.115. The lowest BCUT2D eigenvalue weighted by molar-refractivity contribution is -0.115. The highest BCUT2D eigenvalue weighted by molar-refractivity contribution is 6.02. The molecule has 1 aromatic heterocycles. The zero-order valence-corrected chi connectivity index (χ0v) is 18.5. The van der Waals surface area contributed by atoms with Gasteiger partial charge in [0.05, 0.1) is 19.9 Å². The van der Waals surface area contributed by atoms with Crippen molar-refractivity contribution in [2.75, 3.05) is 17.7 Å². The average Bonchev–Trinajstić information content (AvgIpc) is 3.29. The van der Waals surface area contributed by atoms with E-state index in [2.05, 4.69) is 15.6 Å². The van der Waals surface area contributed by atoms with Crippen LogP contribution >= 0.6 is 0 Å². The molecule has 0 aliphatic heterocycles. The van der Waals surface area contributed by atoms with Gasteiger partial charge in [0.15, 0.2) is 0 Å². The van der Waals surface area contributed by atoms with Crippen molar-refractivity contribution < 1.29 is 18.7 Å². The Morgan fingerprint density at radius 1 is 0.941 bits per heavy atom. The van der Waals surface area contributed by atoms with Crippen molar-refractivity contribution in [2.24, 2.45) is 0 Å². The lowest BCUT2D eigenvalue weighted by Crippen LogP contribution is -2.14. The van der Waals surface area contributed by atoms with Gasteiger partial charge in [-0.2, -0.15) is 0 Å². The molecule has 0 aliphatic rings. The van der Waals surface area contributed by atoms with Gasteiger partial charge in [0.2, 0.25) is 5.91 Å². The van der Waals surface area contributed by atoms with Crippen LogP contribution in [-0.2, 0) is 17.8 Å². The molecule has 3 aromatic carbocycles. The minimum atomic E-state index is -0.428. The molecule has 0 bridgehead atoms. The van der Waals surface area contributed by atoms with E-state index in [1.165, 1.54) is 18.2 Å². The number of nitrogens with zero attached hydrogens (tertiary/aromatic N) is 2. The van der Waals surface area contributed by atoms with Crippen molar-refractivity contribution in [1.29, 1.82) is 0 Å². The predicted octanol–water partition coefficient (Wildman–Crippen LogP) is 4.51. The molecular formula is C26H23FN4O3. The molecule has 7 nitrogen and oxygen atoms in total. The third kappa shape index (κ3) is 6.07. The van der Waals surface area contributed by atoms with Crippen molar-refractivity contribution in [3.8, 4) is 5.75 Å². The summed E-state index contributed by atoms with van der Waals surface area (Å²) in [6.07, 6.45) is 3.43. The molecule has 2 amide bonds. The molecule has 172 valence electrons. The fourth-order valence-corrected chi connectivity index (χ4v) is 3.40. The molecular weight excluding hydrogens is 435 g/mol. The van der Waals surface area contributed by atoms with Gasteiger partial charge >= 0.3 is 0 Å². The van der Waals surface area contributed by atoms with Crippen molar-refractivity contribution >= 4 is 23.2 Å². The Balaban J connectivity index is 1.31. The maximum Gasteiger partial charge on any atom is 0.275 e. The predicted molar refractivity (Wildman–Crippen MR) is 127 cm³/mol. The van der Waals surface area contributed by atoms with E-state index in [-0.39, 0.29) is 18.0 Å². The third-order valence-corrected chi connectivity index (χ3v) is 5.05. The lowest BCUT2D eigenvalue weighted by atomic mass is 10.1. The summed E-state index contributed by atoms with van der Waals surface area (Å²) in [5.74, 6) is -0.255. The van der Waals surface area contributed by atoms with E-state index < -0.39 is 11.7 Å². The number of rotatable bonds is 8. The van der Waals surface area contributed by atoms with Gasteiger partial charge in [-0.05, 0) is 53.6 Å². The highest BCUT2D eigenvalue weighted by atomic mass is 19.1. The van der Waals surface area contributed by atoms with Gasteiger partial charge in [-0.1, -0.05) is 30.3 Å². The number of hydrogen-bond donors (Lipinski definition) is 2. The van der Waals surface area contributed by atoms with Gasteiger partial charge < -0.3 is 19.9 Å². The van der Waals surface area contributed by atoms with Gasteiger partial charge in [0, 0.05) is 24.1 Å². The van der Waals surface area contributed by atoms with E-state index in [1.807, 2.05) is 48.5 Å². The van der Waals surface area contributed by atoms with Crippen LogP contribution in [0, 0.1) is 5.82 Å². The molecule has 0 radical (unpaired) electrons. The zero-order valence-electron chi connectivity index (χ0n) is 18.5. The summed E-state index contributed by atoms with van der Waals surface area (Å²) >= 11 is 0. The second-order valence-corrected chi connectivity index (χ2v) is 7.67. The largest absolute Gasteiger partial charge is 0.497 e. The van der Waals surface area contributed by atoms with Crippen LogP contribution in [0.25, 0.3) is 0 Å². The van der Waals surface area contributed by atoms with Gasteiger partial charge in [-0.15, -0.1) is 0 Å². The van der Waals surface area contributed by atoms with Crippen molar-refractivity contribution in [1.82, 2.24) is 9.55 Å². The number of halogens is 1. The maximum absolute atomic E-state index is 13.3. The number of anilines is 2. The highest BCUT2D eigenvalue weighted by Crippen LogP contribution is 2.16. The Hall–Kier alpha value is -4.46. The van der Waals surface area contributed by atoms with Crippen molar-refractivity contribution in [3.63, 3.8) is 0 Å². The molecule has 0 saturated heterocycles. The second kappa shape index (κ2) is 10.4. The minimum Gasteiger partial charge on any atom is -0.497 e. The fourth-order valence-electron chi connectivity index (χ4n) is 3.40. The molecule has 0 spiro atoms. The topological polar surface area (TPSA) is 85.2 Å². The monoisotopic (exact) mass is 458 g/mol. The quantitative estimate of drug-likeness (QED) is 0.407. The van der Waals surface area contributed by atoms with Gasteiger partial charge in [0.1, 0.15) is 17.3 Å². The van der Waals surface area contributed by atoms with Crippen LogP contribution in [0.3, 0.4) is 0 Å². The molecule has 0 atom stereocenters. The van der Waals surface area contributed by atoms with Crippen LogP contribution in [0.1, 0.15) is 21.6 Å². The van der Waals surface area contributed by atoms with Crippen molar-refractivity contribution in [3.05, 3.63) is 108 Å². The minimum absolute atomic E-state index is 0.121. The molecule has 4 rings (SSSR count). The van der Waals surface area contributed by atoms with E-state index in [4.69, 9.17) is 4.74 Å². The van der Waals surface area contributed by atoms with E-state index in [0.717, 1.165) is 11.1 Å². The van der Waals surface area contributed by atoms with Crippen LogP contribution in [0.2, 0.25) is 0 Å². The van der Waals surface area contributed by atoms with E-state index in [9.17, 15) is 14.0 Å². The highest BCUT2D eigenvalue weighted by Gasteiger charge is 2.11. The summed E-state index contributed by atoms with van der Waals surface area (Å²) in [6, 6.07) is 20.5. The molecule has 0 unspecified atom stereocenters. The summed E-state index contributed by atoms with van der Waals surface area (Å²) in [6.45, 7) is 0.498. The molecule has 0 fully saturated rings. The summed E-state index contributed by atoms with van der Waals surface area (Å²) in [5.41, 5.74) is 3.12. The standard InChI is InChI=1S/C26H23FN4O3/c1-34-23-7-2-4-19(12-23)13-25(32)29-21-10-8-18(9-11-21)15-31-16-24(28-17-31)26(33)30-22-6-3-5-20(27)14-22/h2-12,14,16-17H,13,15H2,1H3,(H,29,32)(H,30,33). The Morgan fingerprint density at radius 2 is 1.74 bits per heavy atom. The lowest BCUT2D eigenvalue weighted by Gasteiger charge is -2.08. The first kappa shape index (κ1) is 22.7. The Kier molecular flexibility index (Phi) is 6.98. The molecule has 0 aliphatic carbocycles. The number of amides is 2. The van der Waals surface area contributed by atoms with Crippen LogP contribution in [0.15, 0.2) is 85.3 Å². The Bertz CT molecular complexity index is 1300. The summed E-state index contributed by atoms with van der Waals surface area (Å²) < 4.78 is 20.3. The third-order valence-electron chi connectivity index (χ3n) is 5.05. The van der Waals surface area contributed by atoms with Crippen LogP contribution in [-0.4, -0.2) is 28.5 Å². The molecule has 1 heterocycles. The number of benzene rings is 3. The number of aromatic nitrogens is 2. The van der Waals surface area contributed by atoms with Crippen LogP contribution < -0.4 is 15.4 Å². The van der Waals surface area contributed by atoms with Gasteiger partial charge in [0.25, 0.3) is 5.91 Å². The molecule has 34 heavy (non-hydrogen) atoms. The van der Waals surface area contributed by atoms with Gasteiger partial charge in [-0.3, -0.25) is 9.59 Å². The number of carbonyl (C=O) groups is 2. The average molecular weight is 458 g/mol. The number of nitrogens with one attached hydrogen (secondary N) is 2. The molecule has 8 heteroatoms. The van der Waals surface area contributed by atoms with Crippen molar-refractivity contribution in [2.45, 2.75) is 13.0 Å². The first-order valence-electron chi connectivity index (χ1n) is 10.6. The molecule has 4 aromatic rings. The van der Waals surface area contributed by atoms with Crippen LogP contribution in [0.5, 0.6) is 5.75 Å². The van der Waals surface area contributed by atoms with Crippen LogP contribution in [0.4, 0.5) is 15.8 Å². The first-order valence-corrected chi connectivity index (χ1v) is 10.6. The second-order valence-electron chi connectivity index (χ2n) is 7.67. The number of carbonyl (C=O) groups excluding carboxylic acids is 2. The van der Waals surface area contributed by atoms with E-state index >= 15 is 0 Å². The van der Waals surface area contributed by atoms with Gasteiger partial charge in [-0.25, -0.2) is 9.37 Å². The number of methoxy groups -OCH3 is 1. The summed E-state index contributed by atoms with van der Waals surface area (Å²) in [5, 5.41) is 5.51. The normalized spacial score (nSPS) is 10.5. The number of ether oxygens (including phenoxy) is 1. The zero-order chi connectivity index (χ0) is 23.9. The summed E-state index contributed by atoms with van der Waals surface area (Å²) in [7, 11) is 1.59. The molecule has 0 saturated carbocycles. The smallest absolute Gasteiger partial charge is 0.275 e. The van der Waals surface area contributed by atoms with E-state index in [1.54, 1.807) is 30.3 Å². The summed E-state index contributed by atoms with van der Waals surface area (Å²) in [4.78, 5) is 28.8. The van der Waals surface area contributed by atoms with E-state index in [0.29, 0.717) is 23.7 Å². The number of imidazole rings is 1. The maximum atomic E-state index is 13.3. The molecule has 2 N–H and O–H groups in total. The first-order chi connectivity index (χ1) is 16.5. The Morgan fingerprint density at radius 3 is 2.50 bits per heavy atom. The SMILES string of the molecule is COc1cccc(CC(=O)Nc2ccc(Cn3cnc(C(=O)Nc4cccc(F)c4)c3)cc2)c1. The Labute approximate surface area is 196 Å².